The molecule has 0 radical (unpaired) electrons. The molecular formula is C45H52N6O8. The lowest BCUT2D eigenvalue weighted by Gasteiger charge is -2.22. The van der Waals surface area contributed by atoms with Gasteiger partial charge in [-0.15, -0.1) is 6.42 Å². The first kappa shape index (κ1) is 51.6. The van der Waals surface area contributed by atoms with Gasteiger partial charge in [0.05, 0.1) is 13.2 Å². The maximum Gasteiger partial charge on any atom is 0.421 e. The van der Waals surface area contributed by atoms with Crippen molar-refractivity contribution in [1.29, 1.82) is 0 Å². The van der Waals surface area contributed by atoms with E-state index in [1.165, 1.54) is 4.90 Å². The summed E-state index contributed by atoms with van der Waals surface area (Å²) in [6.07, 6.45) is 14.7. The molecule has 0 bridgehead atoms. The van der Waals surface area contributed by atoms with Crippen LogP contribution in [0.15, 0.2) is 0 Å². The van der Waals surface area contributed by atoms with Crippen LogP contribution in [0.5, 0.6) is 0 Å². The molecule has 0 aromatic heterocycles. The standard InChI is InChI=1S/C45H52N6O8/c1-4-7-8-9-10-11-12-13-14-15-16-17-18-19-26-33-40-59-45(56)50-38-30-23-21-28-35-47-42(53)51(39-32-25-24-31-37-49-44(55)58-6-3)41(52)46-34-27-20-22-29-36-48-43(54)57-5-2/h1H,5-6,20-25,27-32,34-39H2,2-3H3,(H,46,52)(H,47,53)(H,48,54)(H,49,55)(H,50,56). The Balaban J connectivity index is 4.47. The predicted molar refractivity (Wildman–Crippen MR) is 224 cm³/mol. The van der Waals surface area contributed by atoms with Gasteiger partial charge in [-0.2, -0.15) is 0 Å². The first-order valence-electron chi connectivity index (χ1n) is 19.4. The Bertz CT molecular complexity index is 1900. The van der Waals surface area contributed by atoms with E-state index in [9.17, 15) is 24.0 Å². The number of rotatable bonds is 23. The van der Waals surface area contributed by atoms with Gasteiger partial charge in [0, 0.05) is 86.6 Å². The van der Waals surface area contributed by atoms with Gasteiger partial charge in [0.25, 0.3) is 0 Å². The van der Waals surface area contributed by atoms with Crippen LogP contribution in [0.4, 0.5) is 24.0 Å². The molecule has 0 unspecified atom stereocenters. The minimum Gasteiger partial charge on any atom is -0.450 e. The molecule has 7 amide bonds. The summed E-state index contributed by atoms with van der Waals surface area (Å²) >= 11 is 0. The van der Waals surface area contributed by atoms with Crippen molar-refractivity contribution < 1.29 is 38.2 Å². The zero-order valence-electron chi connectivity index (χ0n) is 33.9. The van der Waals surface area contributed by atoms with E-state index in [-0.39, 0.29) is 6.54 Å². The van der Waals surface area contributed by atoms with Crippen molar-refractivity contribution in [2.45, 2.75) is 90.9 Å². The van der Waals surface area contributed by atoms with Crippen LogP contribution in [0, 0.1) is 107 Å². The molecule has 310 valence electrons. The second-order valence-electron chi connectivity index (χ2n) is 11.6. The Kier molecular flexibility index (Phi) is 35.2. The van der Waals surface area contributed by atoms with Gasteiger partial charge >= 0.3 is 30.3 Å². The molecule has 0 fully saturated rings. The first-order chi connectivity index (χ1) is 28.8. The number of hydrogen-bond acceptors (Lipinski definition) is 8. The summed E-state index contributed by atoms with van der Waals surface area (Å²) in [5.74, 6) is 38.7. The minimum absolute atomic E-state index is 0.252. The Morgan fingerprint density at radius 1 is 0.424 bits per heavy atom. The number of hydrogen-bond donors (Lipinski definition) is 5. The summed E-state index contributed by atoms with van der Waals surface area (Å²) in [4.78, 5) is 61.7. The van der Waals surface area contributed by atoms with Crippen LogP contribution in [-0.4, -0.2) is 87.7 Å². The summed E-state index contributed by atoms with van der Waals surface area (Å²) in [6.45, 7) is 6.56. The molecule has 14 nitrogen and oxygen atoms in total. The fraction of sp³-hybridized carbons (Fsp3) is 0.489. The predicted octanol–water partition coefficient (Wildman–Crippen LogP) is 4.23. The van der Waals surface area contributed by atoms with Crippen molar-refractivity contribution >= 4 is 30.3 Å². The summed E-state index contributed by atoms with van der Waals surface area (Å²) in [7, 11) is 0. The molecule has 0 saturated heterocycles. The highest BCUT2D eigenvalue weighted by atomic mass is 16.6. The van der Waals surface area contributed by atoms with Gasteiger partial charge in [-0.3, -0.25) is 0 Å². The third kappa shape index (κ3) is 36.0. The monoisotopic (exact) mass is 804 g/mol. The van der Waals surface area contributed by atoms with Gasteiger partial charge < -0.3 is 40.8 Å². The molecule has 5 N–H and O–H groups in total. The maximum absolute atomic E-state index is 13.0. The van der Waals surface area contributed by atoms with Gasteiger partial charge in [0.2, 0.25) is 0 Å². The van der Waals surface area contributed by atoms with E-state index in [1.54, 1.807) is 13.8 Å². The Labute approximate surface area is 349 Å². The van der Waals surface area contributed by atoms with E-state index in [1.807, 2.05) is 0 Å². The molecule has 14 heteroatoms. The van der Waals surface area contributed by atoms with E-state index in [4.69, 9.17) is 20.6 Å². The number of terminal acetylenes is 1. The number of carbonyl (C=O) groups excluding carboxylic acids is 5. The van der Waals surface area contributed by atoms with E-state index in [2.05, 4.69) is 127 Å². The van der Waals surface area contributed by atoms with E-state index in [0.29, 0.717) is 65.2 Å². The van der Waals surface area contributed by atoms with Crippen LogP contribution in [0.2, 0.25) is 0 Å². The van der Waals surface area contributed by atoms with E-state index >= 15 is 0 Å². The Morgan fingerprint density at radius 3 is 1.12 bits per heavy atom. The molecular weight excluding hydrogens is 753 g/mol. The number of ether oxygens (including phenoxy) is 3. The third-order valence-electron chi connectivity index (χ3n) is 7.06. The quantitative estimate of drug-likeness (QED) is 0.0580. The maximum atomic E-state index is 13.0. The highest BCUT2D eigenvalue weighted by molar-refractivity contribution is 5.93. The molecule has 0 rings (SSSR count). The van der Waals surface area contributed by atoms with Crippen molar-refractivity contribution in [3.63, 3.8) is 0 Å². The van der Waals surface area contributed by atoms with Crippen molar-refractivity contribution in [3.05, 3.63) is 0 Å². The van der Waals surface area contributed by atoms with Gasteiger partial charge in [-0.1, -0.05) is 38.5 Å². The van der Waals surface area contributed by atoms with Crippen LogP contribution in [0.3, 0.4) is 0 Å². The van der Waals surface area contributed by atoms with Gasteiger partial charge in [0.15, 0.2) is 0 Å². The molecule has 0 spiro atoms. The van der Waals surface area contributed by atoms with E-state index in [0.717, 1.165) is 57.8 Å². The lowest BCUT2D eigenvalue weighted by Crippen LogP contribution is -2.49. The normalized spacial score (nSPS) is 8.42. The van der Waals surface area contributed by atoms with Crippen LogP contribution in [0.1, 0.15) is 90.9 Å². The third-order valence-corrected chi connectivity index (χ3v) is 7.06. The number of alkyl carbamates (subject to hydrolysis) is 3. The van der Waals surface area contributed by atoms with Crippen LogP contribution < -0.4 is 26.6 Å². The summed E-state index contributed by atoms with van der Waals surface area (Å²) in [6, 6.07) is -0.923. The number of unbranched alkanes of at least 4 members (excludes halogenated alkanes) is 9. The molecule has 0 aliphatic rings. The van der Waals surface area contributed by atoms with Crippen molar-refractivity contribution in [2.75, 3.05) is 52.5 Å². The van der Waals surface area contributed by atoms with Gasteiger partial charge in [-0.05, 0) is 99.7 Å². The van der Waals surface area contributed by atoms with Crippen LogP contribution in [-0.2, 0) is 14.2 Å². The van der Waals surface area contributed by atoms with Crippen molar-refractivity contribution in [3.8, 4) is 107 Å². The summed E-state index contributed by atoms with van der Waals surface area (Å²) < 4.78 is 14.4. The number of nitrogens with zero attached hydrogens (tertiary/aromatic N) is 1. The SMILES string of the molecule is C#CC#CC#CC#CC#CC#CC#CC#CC#COC(=O)NCCCCCCNC(=O)N(CCCCCCNC(=O)OCC)C(=O)NCCCCCCNC(=O)OCC. The Morgan fingerprint density at radius 2 is 0.746 bits per heavy atom. The molecule has 0 aromatic carbocycles. The van der Waals surface area contributed by atoms with E-state index < -0.39 is 30.3 Å². The number of carbonyl (C=O) groups is 5. The smallest absolute Gasteiger partial charge is 0.421 e. The zero-order valence-corrected chi connectivity index (χ0v) is 33.9. The zero-order chi connectivity index (χ0) is 43.3. The molecule has 59 heavy (non-hydrogen) atoms. The molecule has 0 heterocycles. The number of urea groups is 2. The lowest BCUT2D eigenvalue weighted by molar-refractivity contribution is 0.151. The fourth-order valence-corrected chi connectivity index (χ4v) is 4.34. The second-order valence-corrected chi connectivity index (χ2v) is 11.6. The first-order valence-corrected chi connectivity index (χ1v) is 19.4. The number of amides is 7. The van der Waals surface area contributed by atoms with Crippen molar-refractivity contribution in [1.82, 2.24) is 31.5 Å². The van der Waals surface area contributed by atoms with Gasteiger partial charge in [-0.25, -0.2) is 28.9 Å². The molecule has 0 aliphatic carbocycles. The Hall–Kier alpha value is -7.41. The summed E-state index contributed by atoms with van der Waals surface area (Å²) in [5.41, 5.74) is 0. The number of nitrogens with one attached hydrogen (secondary N) is 5. The van der Waals surface area contributed by atoms with Crippen LogP contribution >= 0.6 is 0 Å². The highest BCUT2D eigenvalue weighted by Gasteiger charge is 2.20. The molecule has 0 aromatic rings. The average molecular weight is 805 g/mol. The largest absolute Gasteiger partial charge is 0.450 e. The minimum atomic E-state index is -0.702. The average Bonchev–Trinajstić information content (AvgIpc) is 3.22. The van der Waals surface area contributed by atoms with Crippen LogP contribution in [0.25, 0.3) is 0 Å². The summed E-state index contributed by atoms with van der Waals surface area (Å²) in [5, 5.41) is 13.6. The highest BCUT2D eigenvalue weighted by Crippen LogP contribution is 2.05. The molecule has 0 atom stereocenters. The second kappa shape index (κ2) is 40.3. The fourth-order valence-electron chi connectivity index (χ4n) is 4.34. The lowest BCUT2D eigenvalue weighted by atomic mass is 10.2. The molecule has 0 saturated carbocycles. The topological polar surface area (TPSA) is 176 Å². The number of imide groups is 1. The van der Waals surface area contributed by atoms with Gasteiger partial charge in [0.1, 0.15) is 6.11 Å². The van der Waals surface area contributed by atoms with Crippen molar-refractivity contribution in [2.24, 2.45) is 0 Å². The molecule has 0 aliphatic heterocycles.